The van der Waals surface area contributed by atoms with Crippen molar-refractivity contribution in [1.29, 1.82) is 0 Å². The van der Waals surface area contributed by atoms with Crippen molar-refractivity contribution in [2.45, 2.75) is 20.4 Å². The molecule has 21 heavy (non-hydrogen) atoms. The van der Waals surface area contributed by atoms with E-state index in [-0.39, 0.29) is 0 Å². The molecule has 4 nitrogen and oxygen atoms in total. The van der Waals surface area contributed by atoms with Gasteiger partial charge in [0, 0.05) is 40.8 Å². The summed E-state index contributed by atoms with van der Waals surface area (Å²) in [6.45, 7) is 4.92. The number of aryl methyl sites for hydroxylation is 2. The van der Waals surface area contributed by atoms with E-state index in [1.807, 2.05) is 6.07 Å². The van der Waals surface area contributed by atoms with Crippen molar-refractivity contribution >= 4 is 21.8 Å². The molecule has 0 N–H and O–H groups in total. The molecule has 4 heteroatoms. The van der Waals surface area contributed by atoms with Crippen LogP contribution < -0.4 is 0 Å². The van der Waals surface area contributed by atoms with E-state index >= 15 is 0 Å². The van der Waals surface area contributed by atoms with Gasteiger partial charge in [0.15, 0.2) is 0 Å². The first-order valence-corrected chi connectivity index (χ1v) is 7.09. The van der Waals surface area contributed by atoms with Crippen LogP contribution in [0.4, 0.5) is 0 Å². The quantitative estimate of drug-likeness (QED) is 0.552. The number of fused-ring (bicyclic) bond motifs is 3. The fraction of sp³-hybridized carbons (Fsp3) is 0.176. The molecule has 0 amide bonds. The van der Waals surface area contributed by atoms with Crippen molar-refractivity contribution in [2.24, 2.45) is 0 Å². The van der Waals surface area contributed by atoms with E-state index in [2.05, 4.69) is 58.1 Å². The highest BCUT2D eigenvalue weighted by molar-refractivity contribution is 6.09. The third-order valence-corrected chi connectivity index (χ3v) is 3.86. The van der Waals surface area contributed by atoms with Gasteiger partial charge in [-0.15, -0.1) is 10.2 Å². The van der Waals surface area contributed by atoms with Gasteiger partial charge in [0.1, 0.15) is 0 Å². The van der Waals surface area contributed by atoms with Crippen molar-refractivity contribution in [3.63, 3.8) is 0 Å². The fourth-order valence-corrected chi connectivity index (χ4v) is 2.94. The Hall–Kier alpha value is -2.62. The van der Waals surface area contributed by atoms with Crippen LogP contribution in [0.5, 0.6) is 0 Å². The predicted octanol–water partition coefficient (Wildman–Crippen LogP) is 4.17. The number of benzene rings is 2. The Balaban J connectivity index is 2.05. The summed E-state index contributed by atoms with van der Waals surface area (Å²) in [6.07, 6.45) is 0. The Bertz CT molecular complexity index is 949. The summed E-state index contributed by atoms with van der Waals surface area (Å²) in [4.78, 5) is 0. The lowest BCUT2D eigenvalue weighted by molar-refractivity contribution is 0.533. The monoisotopic (exact) mass is 277 g/mol. The normalized spacial score (nSPS) is 11.5. The van der Waals surface area contributed by atoms with E-state index in [0.29, 0.717) is 11.8 Å². The number of para-hydroxylation sites is 1. The van der Waals surface area contributed by atoms with Crippen LogP contribution in [-0.4, -0.2) is 14.8 Å². The molecular formula is C17H15N3O. The fourth-order valence-electron chi connectivity index (χ4n) is 2.94. The molecule has 4 aromatic rings. The minimum atomic E-state index is 0.572. The third kappa shape index (κ3) is 1.76. The second-order valence-corrected chi connectivity index (χ2v) is 5.12. The molecule has 4 rings (SSSR count). The zero-order chi connectivity index (χ0) is 14.4. The largest absolute Gasteiger partial charge is 0.421 e. The van der Waals surface area contributed by atoms with Crippen LogP contribution in [0.25, 0.3) is 33.3 Å². The Labute approximate surface area is 122 Å². The molecule has 0 saturated carbocycles. The van der Waals surface area contributed by atoms with Crippen molar-refractivity contribution in [3.8, 4) is 11.5 Å². The summed E-state index contributed by atoms with van der Waals surface area (Å²) >= 11 is 0. The first-order chi connectivity index (χ1) is 10.3. The summed E-state index contributed by atoms with van der Waals surface area (Å²) in [7, 11) is 0. The molecule has 0 unspecified atom stereocenters. The highest BCUT2D eigenvalue weighted by atomic mass is 16.4. The predicted molar refractivity (Wildman–Crippen MR) is 83.1 cm³/mol. The van der Waals surface area contributed by atoms with Crippen LogP contribution in [-0.2, 0) is 6.54 Å². The van der Waals surface area contributed by atoms with Gasteiger partial charge in [-0.3, -0.25) is 0 Å². The topological polar surface area (TPSA) is 43.9 Å². The van der Waals surface area contributed by atoms with Gasteiger partial charge in [0.2, 0.25) is 11.8 Å². The molecule has 0 aliphatic heterocycles. The van der Waals surface area contributed by atoms with E-state index in [9.17, 15) is 0 Å². The van der Waals surface area contributed by atoms with Crippen LogP contribution in [0.3, 0.4) is 0 Å². The van der Waals surface area contributed by atoms with Crippen molar-refractivity contribution in [1.82, 2.24) is 14.8 Å². The highest BCUT2D eigenvalue weighted by Gasteiger charge is 2.12. The zero-order valence-corrected chi connectivity index (χ0v) is 12.0. The first-order valence-electron chi connectivity index (χ1n) is 7.09. The lowest BCUT2D eigenvalue weighted by atomic mass is 10.1. The molecule has 0 atom stereocenters. The number of rotatable bonds is 2. The summed E-state index contributed by atoms with van der Waals surface area (Å²) in [5.41, 5.74) is 3.45. The summed E-state index contributed by atoms with van der Waals surface area (Å²) in [6, 6.07) is 14.8. The molecule has 0 saturated heterocycles. The van der Waals surface area contributed by atoms with Gasteiger partial charge < -0.3 is 8.98 Å². The van der Waals surface area contributed by atoms with Crippen LogP contribution in [0.1, 0.15) is 12.8 Å². The minimum Gasteiger partial charge on any atom is -0.421 e. The average molecular weight is 277 g/mol. The Morgan fingerprint density at radius 3 is 2.57 bits per heavy atom. The molecule has 0 aliphatic rings. The van der Waals surface area contributed by atoms with E-state index in [0.717, 1.165) is 12.1 Å². The lowest BCUT2D eigenvalue weighted by Crippen LogP contribution is -1.92. The van der Waals surface area contributed by atoms with Crippen LogP contribution in [0.15, 0.2) is 46.9 Å². The number of nitrogens with zero attached hydrogens (tertiary/aromatic N) is 3. The van der Waals surface area contributed by atoms with Crippen molar-refractivity contribution in [2.75, 3.05) is 0 Å². The second kappa shape index (κ2) is 4.45. The van der Waals surface area contributed by atoms with Gasteiger partial charge in [-0.05, 0) is 31.2 Å². The van der Waals surface area contributed by atoms with E-state index in [4.69, 9.17) is 4.42 Å². The molecule has 0 spiro atoms. The maximum atomic E-state index is 5.53. The molecule has 2 aromatic carbocycles. The minimum absolute atomic E-state index is 0.572. The molecule has 104 valence electrons. The Kier molecular flexibility index (Phi) is 2.57. The van der Waals surface area contributed by atoms with Gasteiger partial charge in [-0.2, -0.15) is 0 Å². The highest BCUT2D eigenvalue weighted by Crippen LogP contribution is 2.32. The summed E-state index contributed by atoms with van der Waals surface area (Å²) in [5.74, 6) is 1.16. The second-order valence-electron chi connectivity index (χ2n) is 5.12. The number of hydrogen-bond acceptors (Lipinski definition) is 3. The molecule has 0 aliphatic carbocycles. The molecular weight excluding hydrogens is 262 g/mol. The zero-order valence-electron chi connectivity index (χ0n) is 12.0. The maximum absolute atomic E-state index is 5.53. The lowest BCUT2D eigenvalue weighted by Gasteiger charge is -2.02. The van der Waals surface area contributed by atoms with Crippen LogP contribution in [0, 0.1) is 6.92 Å². The Morgan fingerprint density at radius 2 is 1.81 bits per heavy atom. The van der Waals surface area contributed by atoms with Crippen LogP contribution in [0.2, 0.25) is 0 Å². The van der Waals surface area contributed by atoms with Gasteiger partial charge >= 0.3 is 0 Å². The summed E-state index contributed by atoms with van der Waals surface area (Å²) < 4.78 is 7.86. The number of aromatic nitrogens is 3. The van der Waals surface area contributed by atoms with E-state index in [1.54, 1.807) is 6.92 Å². The Morgan fingerprint density at radius 1 is 1.00 bits per heavy atom. The van der Waals surface area contributed by atoms with Gasteiger partial charge in [0.25, 0.3) is 0 Å². The smallest absolute Gasteiger partial charge is 0.247 e. The van der Waals surface area contributed by atoms with Crippen molar-refractivity contribution < 1.29 is 4.42 Å². The third-order valence-electron chi connectivity index (χ3n) is 3.86. The SMILES string of the molecule is CCn1c2ccccc2c2cc(-c3nnc(C)o3)ccc21. The maximum Gasteiger partial charge on any atom is 0.247 e. The van der Waals surface area contributed by atoms with Crippen LogP contribution >= 0.6 is 0 Å². The first kappa shape index (κ1) is 12.1. The molecule has 0 fully saturated rings. The van der Waals surface area contributed by atoms with E-state index < -0.39 is 0 Å². The molecule has 2 heterocycles. The van der Waals surface area contributed by atoms with Gasteiger partial charge in [-0.25, -0.2) is 0 Å². The number of hydrogen-bond donors (Lipinski definition) is 0. The van der Waals surface area contributed by atoms with E-state index in [1.165, 1.54) is 21.8 Å². The average Bonchev–Trinajstić information content (AvgIpc) is 3.08. The van der Waals surface area contributed by atoms with Crippen molar-refractivity contribution in [3.05, 3.63) is 48.4 Å². The molecule has 0 radical (unpaired) electrons. The summed E-state index contributed by atoms with van der Waals surface area (Å²) in [5, 5.41) is 10.5. The standard InChI is InChI=1S/C17H15N3O/c1-3-20-15-7-5-4-6-13(15)14-10-12(8-9-16(14)20)17-19-18-11(2)21-17/h4-10H,3H2,1-2H3. The molecule has 2 aromatic heterocycles. The molecule has 0 bridgehead atoms. The van der Waals surface area contributed by atoms with Gasteiger partial charge in [-0.1, -0.05) is 18.2 Å². The van der Waals surface area contributed by atoms with Gasteiger partial charge in [0.05, 0.1) is 0 Å².